The fourth-order valence-corrected chi connectivity index (χ4v) is 5.63. The van der Waals surface area contributed by atoms with Crippen molar-refractivity contribution in [1.29, 1.82) is 0 Å². The predicted molar refractivity (Wildman–Crippen MR) is 138 cm³/mol. The molecule has 0 atom stereocenters. The van der Waals surface area contributed by atoms with Crippen LogP contribution in [0.5, 0.6) is 11.5 Å². The molecule has 2 aromatic carbocycles. The maximum atomic E-state index is 12.9. The third kappa shape index (κ3) is 5.85. The molecule has 1 heterocycles. The van der Waals surface area contributed by atoms with Gasteiger partial charge in [-0.25, -0.2) is 0 Å². The van der Waals surface area contributed by atoms with Crippen LogP contribution in [0.2, 0.25) is 15.1 Å². The van der Waals surface area contributed by atoms with E-state index in [4.69, 9.17) is 44.3 Å². The lowest BCUT2D eigenvalue weighted by Gasteiger charge is -2.25. The van der Waals surface area contributed by atoms with Crippen LogP contribution in [0.15, 0.2) is 35.2 Å². The molecule has 0 radical (unpaired) electrons. The monoisotopic (exact) mass is 539 g/mol. The number of amides is 2. The van der Waals surface area contributed by atoms with Gasteiger partial charge in [-0.15, -0.1) is 0 Å². The molecular weight excluding hydrogens is 517 g/mol. The standard InChI is InChI=1S/C25H24Cl3NO4S/c1-32-21-11-17(10-20(28)23(21)33-14-16-7-8-18(26)19(27)9-16)12-22-24(30)29(25(31)34-22)13-15-5-3-2-4-6-15/h7-12,15H,2-6,13-14H2,1H3/b22-12+. The number of hydrogen-bond acceptors (Lipinski definition) is 5. The van der Waals surface area contributed by atoms with Crippen LogP contribution in [0.3, 0.4) is 0 Å². The Morgan fingerprint density at radius 2 is 1.79 bits per heavy atom. The average Bonchev–Trinajstić information content (AvgIpc) is 3.08. The maximum absolute atomic E-state index is 12.9. The molecule has 1 aliphatic carbocycles. The molecule has 2 aromatic rings. The van der Waals surface area contributed by atoms with Gasteiger partial charge < -0.3 is 9.47 Å². The van der Waals surface area contributed by atoms with Crippen LogP contribution in [0.1, 0.15) is 43.2 Å². The highest BCUT2D eigenvalue weighted by Crippen LogP contribution is 2.40. The van der Waals surface area contributed by atoms with E-state index in [2.05, 4.69) is 0 Å². The lowest BCUT2D eigenvalue weighted by atomic mass is 9.89. The van der Waals surface area contributed by atoms with E-state index < -0.39 is 0 Å². The molecule has 9 heteroatoms. The third-order valence-corrected chi connectivity index (χ3v) is 7.88. The number of rotatable bonds is 7. The van der Waals surface area contributed by atoms with Crippen LogP contribution in [0.25, 0.3) is 6.08 Å². The highest BCUT2D eigenvalue weighted by atomic mass is 35.5. The SMILES string of the molecule is COc1cc(/C=C2/SC(=O)N(CC3CCCCC3)C2=O)cc(Cl)c1OCc1ccc(Cl)c(Cl)c1. The van der Waals surface area contributed by atoms with Crippen molar-refractivity contribution < 1.29 is 19.1 Å². The Bertz CT molecular complexity index is 1130. The van der Waals surface area contributed by atoms with Gasteiger partial charge in [0.2, 0.25) is 0 Å². The first-order valence-electron chi connectivity index (χ1n) is 11.1. The zero-order valence-corrected chi connectivity index (χ0v) is 21.7. The number of carbonyl (C=O) groups excluding carboxylic acids is 2. The molecule has 1 saturated heterocycles. The number of halogens is 3. The van der Waals surface area contributed by atoms with Gasteiger partial charge in [0, 0.05) is 6.54 Å². The minimum absolute atomic E-state index is 0.215. The molecule has 1 aliphatic heterocycles. The van der Waals surface area contributed by atoms with E-state index in [0.29, 0.717) is 49.5 Å². The van der Waals surface area contributed by atoms with Crippen molar-refractivity contribution in [2.75, 3.05) is 13.7 Å². The smallest absolute Gasteiger partial charge is 0.293 e. The number of methoxy groups -OCH3 is 1. The number of ether oxygens (including phenoxy) is 2. The Morgan fingerprint density at radius 3 is 2.50 bits per heavy atom. The van der Waals surface area contributed by atoms with Crippen LogP contribution in [-0.4, -0.2) is 29.7 Å². The topological polar surface area (TPSA) is 55.8 Å². The van der Waals surface area contributed by atoms with Crippen molar-refractivity contribution in [2.45, 2.75) is 38.7 Å². The molecule has 2 aliphatic rings. The molecule has 0 unspecified atom stereocenters. The minimum Gasteiger partial charge on any atom is -0.493 e. The normalized spacial score (nSPS) is 18.1. The molecule has 4 rings (SSSR count). The van der Waals surface area contributed by atoms with Crippen molar-refractivity contribution in [3.8, 4) is 11.5 Å². The molecule has 0 aromatic heterocycles. The van der Waals surface area contributed by atoms with Gasteiger partial charge >= 0.3 is 0 Å². The molecule has 34 heavy (non-hydrogen) atoms. The van der Waals surface area contributed by atoms with Crippen LogP contribution in [-0.2, 0) is 11.4 Å². The van der Waals surface area contributed by atoms with Crippen LogP contribution in [0.4, 0.5) is 4.79 Å². The van der Waals surface area contributed by atoms with Gasteiger partial charge in [-0.3, -0.25) is 14.5 Å². The summed E-state index contributed by atoms with van der Waals surface area (Å²) in [4.78, 5) is 27.2. The number of benzene rings is 2. The second-order valence-electron chi connectivity index (χ2n) is 8.37. The lowest BCUT2D eigenvalue weighted by Crippen LogP contribution is -2.34. The summed E-state index contributed by atoms with van der Waals surface area (Å²) >= 11 is 19.5. The van der Waals surface area contributed by atoms with Crippen molar-refractivity contribution in [2.24, 2.45) is 5.92 Å². The zero-order valence-electron chi connectivity index (χ0n) is 18.6. The Hall–Kier alpha value is -1.86. The number of imide groups is 1. The Balaban J connectivity index is 1.49. The minimum atomic E-state index is -0.254. The first kappa shape index (κ1) is 25.2. The van der Waals surface area contributed by atoms with Gasteiger partial charge in [-0.2, -0.15) is 0 Å². The average molecular weight is 541 g/mol. The molecule has 0 spiro atoms. The molecule has 2 fully saturated rings. The van der Waals surface area contributed by atoms with Gasteiger partial charge in [0.05, 0.1) is 27.1 Å². The summed E-state index contributed by atoms with van der Waals surface area (Å²) in [6.07, 6.45) is 7.36. The molecule has 180 valence electrons. The molecule has 2 amide bonds. The summed E-state index contributed by atoms with van der Waals surface area (Å²) in [7, 11) is 1.51. The summed E-state index contributed by atoms with van der Waals surface area (Å²) in [5.74, 6) is 0.928. The van der Waals surface area contributed by atoms with Crippen LogP contribution < -0.4 is 9.47 Å². The Kier molecular flexibility index (Phi) is 8.35. The van der Waals surface area contributed by atoms with Crippen molar-refractivity contribution in [3.05, 3.63) is 61.4 Å². The van der Waals surface area contributed by atoms with Crippen molar-refractivity contribution in [3.63, 3.8) is 0 Å². The van der Waals surface area contributed by atoms with Gasteiger partial charge in [0.15, 0.2) is 11.5 Å². The Labute approximate surface area is 218 Å². The highest BCUT2D eigenvalue weighted by Gasteiger charge is 2.36. The Morgan fingerprint density at radius 1 is 1.03 bits per heavy atom. The zero-order chi connectivity index (χ0) is 24.2. The number of carbonyl (C=O) groups is 2. The summed E-state index contributed by atoms with van der Waals surface area (Å²) in [6.45, 7) is 0.708. The summed E-state index contributed by atoms with van der Waals surface area (Å²) in [6, 6.07) is 8.65. The number of nitrogens with zero attached hydrogens (tertiary/aromatic N) is 1. The third-order valence-electron chi connectivity index (χ3n) is 5.96. The predicted octanol–water partition coefficient (Wildman–Crippen LogP) is 7.85. The van der Waals surface area contributed by atoms with E-state index in [1.807, 2.05) is 6.07 Å². The van der Waals surface area contributed by atoms with E-state index in [1.165, 1.54) is 18.4 Å². The van der Waals surface area contributed by atoms with Gasteiger partial charge in [-0.05, 0) is 72.0 Å². The van der Waals surface area contributed by atoms with E-state index >= 15 is 0 Å². The molecule has 0 N–H and O–H groups in total. The molecule has 5 nitrogen and oxygen atoms in total. The summed E-state index contributed by atoms with van der Waals surface area (Å²) in [5, 5.41) is 1.01. The summed E-state index contributed by atoms with van der Waals surface area (Å²) in [5.41, 5.74) is 1.47. The quantitative estimate of drug-likeness (QED) is 0.335. The molecular formula is C25H24Cl3NO4S. The molecule has 1 saturated carbocycles. The fourth-order valence-electron chi connectivity index (χ4n) is 4.18. The molecule has 0 bridgehead atoms. The second kappa shape index (κ2) is 11.3. The van der Waals surface area contributed by atoms with Crippen molar-refractivity contribution in [1.82, 2.24) is 4.90 Å². The van der Waals surface area contributed by atoms with E-state index in [1.54, 1.807) is 30.3 Å². The van der Waals surface area contributed by atoms with Crippen LogP contribution >= 0.6 is 46.6 Å². The van der Waals surface area contributed by atoms with Crippen molar-refractivity contribution >= 4 is 63.8 Å². The highest BCUT2D eigenvalue weighted by molar-refractivity contribution is 8.18. The summed E-state index contributed by atoms with van der Waals surface area (Å²) < 4.78 is 11.4. The number of thioether (sulfide) groups is 1. The maximum Gasteiger partial charge on any atom is 0.293 e. The largest absolute Gasteiger partial charge is 0.493 e. The van der Waals surface area contributed by atoms with E-state index in [0.717, 1.165) is 43.0 Å². The first-order valence-corrected chi connectivity index (χ1v) is 13.0. The second-order valence-corrected chi connectivity index (χ2v) is 10.6. The van der Waals surface area contributed by atoms with Crippen LogP contribution in [0, 0.1) is 5.92 Å². The first-order chi connectivity index (χ1) is 16.4. The van der Waals surface area contributed by atoms with E-state index in [-0.39, 0.29) is 17.8 Å². The number of hydrogen-bond donors (Lipinski definition) is 0. The van der Waals surface area contributed by atoms with Gasteiger partial charge in [0.25, 0.3) is 11.1 Å². The van der Waals surface area contributed by atoms with Gasteiger partial charge in [-0.1, -0.05) is 60.1 Å². The lowest BCUT2D eigenvalue weighted by molar-refractivity contribution is -0.123. The fraction of sp³-hybridized carbons (Fsp3) is 0.360. The van der Waals surface area contributed by atoms with E-state index in [9.17, 15) is 9.59 Å². The van der Waals surface area contributed by atoms with Gasteiger partial charge in [0.1, 0.15) is 6.61 Å².